The van der Waals surface area contributed by atoms with E-state index in [9.17, 15) is 5.11 Å². The lowest BCUT2D eigenvalue weighted by molar-refractivity contribution is 0.235. The molecule has 0 fully saturated rings. The maximum absolute atomic E-state index is 9.21. The molecule has 2 aromatic heterocycles. The molecule has 0 amide bonds. The van der Waals surface area contributed by atoms with Crippen molar-refractivity contribution in [3.63, 3.8) is 0 Å². The first kappa shape index (κ1) is 13.7. The second-order valence-corrected chi connectivity index (χ2v) is 5.80. The van der Waals surface area contributed by atoms with Gasteiger partial charge < -0.3 is 10.4 Å². The summed E-state index contributed by atoms with van der Waals surface area (Å²) in [6.45, 7) is 6.57. The van der Waals surface area contributed by atoms with Gasteiger partial charge in [-0.2, -0.15) is 5.10 Å². The molecule has 6 nitrogen and oxygen atoms in total. The zero-order valence-electron chi connectivity index (χ0n) is 11.9. The Hall–Kier alpha value is -1.69. The highest BCUT2D eigenvalue weighted by molar-refractivity contribution is 5.86. The Balaban J connectivity index is 2.34. The van der Waals surface area contributed by atoms with Gasteiger partial charge >= 0.3 is 0 Å². The van der Waals surface area contributed by atoms with Crippen LogP contribution >= 0.6 is 0 Å². The van der Waals surface area contributed by atoms with E-state index >= 15 is 0 Å². The molecule has 0 aromatic carbocycles. The van der Waals surface area contributed by atoms with Gasteiger partial charge in [0, 0.05) is 19.7 Å². The summed E-state index contributed by atoms with van der Waals surface area (Å²) in [7, 11) is 1.86. The monoisotopic (exact) mass is 263 g/mol. The minimum Gasteiger partial charge on any atom is -0.396 e. The summed E-state index contributed by atoms with van der Waals surface area (Å²) in [6, 6.07) is 0.135. The maximum atomic E-state index is 9.21. The molecule has 0 saturated heterocycles. The van der Waals surface area contributed by atoms with Gasteiger partial charge in [0.2, 0.25) is 0 Å². The predicted octanol–water partition coefficient (Wildman–Crippen LogP) is 1.57. The van der Waals surface area contributed by atoms with Crippen molar-refractivity contribution in [3.05, 3.63) is 12.5 Å². The molecule has 2 aromatic rings. The van der Waals surface area contributed by atoms with E-state index in [1.54, 1.807) is 10.9 Å². The first-order chi connectivity index (χ1) is 8.93. The summed E-state index contributed by atoms with van der Waals surface area (Å²) in [6.07, 6.45) is 3.97. The number of rotatable bonds is 4. The van der Waals surface area contributed by atoms with Crippen molar-refractivity contribution < 1.29 is 5.11 Å². The topological polar surface area (TPSA) is 75.9 Å². The number of nitrogens with one attached hydrogen (secondary N) is 1. The van der Waals surface area contributed by atoms with Crippen molar-refractivity contribution in [1.29, 1.82) is 0 Å². The molecule has 0 radical (unpaired) electrons. The average Bonchev–Trinajstić information content (AvgIpc) is 2.71. The maximum Gasteiger partial charge on any atom is 0.163 e. The van der Waals surface area contributed by atoms with Crippen LogP contribution in [0.5, 0.6) is 0 Å². The predicted molar refractivity (Wildman–Crippen MR) is 74.9 cm³/mol. The molecule has 2 rings (SSSR count). The standard InChI is InChI=1S/C13H21N5O/c1-13(2,3)10(5-6-19)17-11-9-7-16-18(4)12(9)15-8-14-11/h7-8,10,19H,5-6H2,1-4H3,(H,14,15,17). The number of aryl methyl sites for hydroxylation is 1. The van der Waals surface area contributed by atoms with Crippen LogP contribution in [0.2, 0.25) is 0 Å². The van der Waals surface area contributed by atoms with Crippen LogP contribution in [0.4, 0.5) is 5.82 Å². The van der Waals surface area contributed by atoms with Crippen molar-refractivity contribution in [2.24, 2.45) is 12.5 Å². The third kappa shape index (κ3) is 2.84. The second-order valence-electron chi connectivity index (χ2n) is 5.80. The van der Waals surface area contributed by atoms with Crippen molar-refractivity contribution in [2.75, 3.05) is 11.9 Å². The summed E-state index contributed by atoms with van der Waals surface area (Å²) in [5, 5.41) is 17.7. The van der Waals surface area contributed by atoms with Gasteiger partial charge in [0.05, 0.1) is 11.6 Å². The lowest BCUT2D eigenvalue weighted by Gasteiger charge is -2.31. The molecule has 0 bridgehead atoms. The zero-order chi connectivity index (χ0) is 14.0. The van der Waals surface area contributed by atoms with Gasteiger partial charge in [-0.3, -0.25) is 4.68 Å². The lowest BCUT2D eigenvalue weighted by Crippen LogP contribution is -2.35. The van der Waals surface area contributed by atoms with Crippen LogP contribution < -0.4 is 5.32 Å². The van der Waals surface area contributed by atoms with Gasteiger partial charge in [-0.15, -0.1) is 0 Å². The highest BCUT2D eigenvalue weighted by atomic mass is 16.3. The Morgan fingerprint density at radius 3 is 2.74 bits per heavy atom. The highest BCUT2D eigenvalue weighted by Crippen LogP contribution is 2.27. The van der Waals surface area contributed by atoms with Gasteiger partial charge in [0.25, 0.3) is 0 Å². The normalized spacial score (nSPS) is 13.7. The zero-order valence-corrected chi connectivity index (χ0v) is 11.9. The highest BCUT2D eigenvalue weighted by Gasteiger charge is 2.25. The largest absolute Gasteiger partial charge is 0.396 e. The van der Waals surface area contributed by atoms with E-state index in [2.05, 4.69) is 41.2 Å². The molecular formula is C13H21N5O. The van der Waals surface area contributed by atoms with Gasteiger partial charge in [-0.25, -0.2) is 9.97 Å². The first-order valence-corrected chi connectivity index (χ1v) is 6.43. The van der Waals surface area contributed by atoms with Crippen LogP contribution in [0.25, 0.3) is 11.0 Å². The molecule has 0 aliphatic heterocycles. The summed E-state index contributed by atoms with van der Waals surface area (Å²) >= 11 is 0. The van der Waals surface area contributed by atoms with E-state index in [0.29, 0.717) is 6.42 Å². The van der Waals surface area contributed by atoms with Crippen LogP contribution in [0.3, 0.4) is 0 Å². The Kier molecular flexibility index (Phi) is 3.71. The fourth-order valence-electron chi connectivity index (χ4n) is 2.09. The molecule has 0 aliphatic carbocycles. The number of aromatic nitrogens is 4. The van der Waals surface area contributed by atoms with Gasteiger partial charge in [-0.1, -0.05) is 20.8 Å². The average molecular weight is 263 g/mol. The van der Waals surface area contributed by atoms with E-state index in [1.807, 2.05) is 7.05 Å². The minimum absolute atomic E-state index is 0.0300. The number of aliphatic hydroxyl groups is 1. The van der Waals surface area contributed by atoms with E-state index < -0.39 is 0 Å². The number of aliphatic hydroxyl groups excluding tert-OH is 1. The Labute approximate surface area is 112 Å². The quantitative estimate of drug-likeness (QED) is 0.875. The van der Waals surface area contributed by atoms with Crippen molar-refractivity contribution >= 4 is 16.9 Å². The van der Waals surface area contributed by atoms with E-state index in [-0.39, 0.29) is 18.1 Å². The molecule has 19 heavy (non-hydrogen) atoms. The number of hydrogen-bond acceptors (Lipinski definition) is 5. The molecule has 1 unspecified atom stereocenters. The fraction of sp³-hybridized carbons (Fsp3) is 0.615. The second kappa shape index (κ2) is 5.13. The van der Waals surface area contributed by atoms with Gasteiger partial charge in [0.15, 0.2) is 5.65 Å². The van der Waals surface area contributed by atoms with E-state index in [4.69, 9.17) is 0 Å². The third-order valence-corrected chi connectivity index (χ3v) is 3.30. The number of anilines is 1. The summed E-state index contributed by atoms with van der Waals surface area (Å²) in [5.41, 5.74) is 0.830. The van der Waals surface area contributed by atoms with Crippen LogP contribution in [-0.2, 0) is 7.05 Å². The third-order valence-electron chi connectivity index (χ3n) is 3.30. The number of fused-ring (bicyclic) bond motifs is 1. The smallest absolute Gasteiger partial charge is 0.163 e. The summed E-state index contributed by atoms with van der Waals surface area (Å²) in [5.74, 6) is 0.770. The van der Waals surface area contributed by atoms with Crippen molar-refractivity contribution in [2.45, 2.75) is 33.2 Å². The lowest BCUT2D eigenvalue weighted by atomic mass is 9.85. The molecule has 1 atom stereocenters. The Morgan fingerprint density at radius 2 is 2.11 bits per heavy atom. The van der Waals surface area contributed by atoms with Crippen molar-refractivity contribution in [1.82, 2.24) is 19.7 Å². The molecule has 0 spiro atoms. The molecule has 104 valence electrons. The van der Waals surface area contributed by atoms with Crippen molar-refractivity contribution in [3.8, 4) is 0 Å². The molecular weight excluding hydrogens is 242 g/mol. The Morgan fingerprint density at radius 1 is 1.37 bits per heavy atom. The summed E-state index contributed by atoms with van der Waals surface area (Å²) in [4.78, 5) is 8.52. The fourth-order valence-corrected chi connectivity index (χ4v) is 2.09. The van der Waals surface area contributed by atoms with Gasteiger partial charge in [-0.05, 0) is 11.8 Å². The molecule has 6 heteroatoms. The van der Waals surface area contributed by atoms with Crippen LogP contribution in [-0.4, -0.2) is 37.5 Å². The van der Waals surface area contributed by atoms with Gasteiger partial charge in [0.1, 0.15) is 12.1 Å². The van der Waals surface area contributed by atoms with E-state index in [0.717, 1.165) is 16.9 Å². The minimum atomic E-state index is 0.0300. The molecule has 0 aliphatic rings. The van der Waals surface area contributed by atoms with Crippen LogP contribution in [0.1, 0.15) is 27.2 Å². The Bertz CT molecular complexity index is 558. The number of hydrogen-bond donors (Lipinski definition) is 2. The first-order valence-electron chi connectivity index (χ1n) is 6.43. The molecule has 0 saturated carbocycles. The number of nitrogens with zero attached hydrogens (tertiary/aromatic N) is 4. The SMILES string of the molecule is Cn1ncc2c(NC(CCO)C(C)(C)C)ncnc21. The van der Waals surface area contributed by atoms with E-state index in [1.165, 1.54) is 6.33 Å². The summed E-state index contributed by atoms with van der Waals surface area (Å²) < 4.78 is 1.72. The van der Waals surface area contributed by atoms with Crippen LogP contribution in [0, 0.1) is 5.41 Å². The molecule has 2 N–H and O–H groups in total. The molecule has 2 heterocycles. The van der Waals surface area contributed by atoms with Crippen LogP contribution in [0.15, 0.2) is 12.5 Å².